The summed E-state index contributed by atoms with van der Waals surface area (Å²) < 4.78 is 0. The zero-order chi connectivity index (χ0) is 15.9. The van der Waals surface area contributed by atoms with E-state index in [4.69, 9.17) is 0 Å². The van der Waals surface area contributed by atoms with Crippen LogP contribution in [0.25, 0.3) is 10.8 Å². The zero-order valence-corrected chi connectivity index (χ0v) is 13.7. The molecule has 0 aliphatic carbocycles. The van der Waals surface area contributed by atoms with E-state index in [1.807, 2.05) is 38.5 Å². The molecule has 0 saturated heterocycles. The molecule has 0 spiro atoms. The van der Waals surface area contributed by atoms with Crippen LogP contribution in [0.1, 0.15) is 31.9 Å². The molecule has 0 aliphatic rings. The highest BCUT2D eigenvalue weighted by atomic mass is 15.0. The van der Waals surface area contributed by atoms with Gasteiger partial charge in [0.05, 0.1) is 0 Å². The van der Waals surface area contributed by atoms with Crippen LogP contribution < -0.4 is 5.32 Å². The van der Waals surface area contributed by atoms with Crippen molar-refractivity contribution in [3.05, 3.63) is 60.0 Å². The number of nitrogens with one attached hydrogen (secondary N) is 1. The van der Waals surface area contributed by atoms with Crippen LogP contribution in [-0.2, 0) is 6.42 Å². The minimum atomic E-state index is 0.890. The summed E-state index contributed by atoms with van der Waals surface area (Å²) in [7, 11) is 0. The summed E-state index contributed by atoms with van der Waals surface area (Å²) in [5.74, 6) is 0.890. The Labute approximate surface area is 132 Å². The van der Waals surface area contributed by atoms with Crippen molar-refractivity contribution in [3.63, 3.8) is 0 Å². The topological polar surface area (TPSA) is 37.8 Å². The molecule has 3 rings (SSSR count). The van der Waals surface area contributed by atoms with E-state index in [2.05, 4.69) is 53.4 Å². The lowest BCUT2D eigenvalue weighted by atomic mass is 10.1. The molecule has 0 radical (unpaired) electrons. The summed E-state index contributed by atoms with van der Waals surface area (Å²) in [5, 5.41) is 5.68. The minimum absolute atomic E-state index is 0.890. The van der Waals surface area contributed by atoms with Crippen molar-refractivity contribution in [3.8, 4) is 0 Å². The summed E-state index contributed by atoms with van der Waals surface area (Å²) in [5.41, 5.74) is 3.61. The lowest BCUT2D eigenvalue weighted by molar-refractivity contribution is 1.08. The van der Waals surface area contributed by atoms with Crippen molar-refractivity contribution in [2.24, 2.45) is 0 Å². The van der Waals surface area contributed by atoms with E-state index in [0.29, 0.717) is 0 Å². The quantitative estimate of drug-likeness (QED) is 0.714. The second-order valence-corrected chi connectivity index (χ2v) is 4.91. The molecule has 0 unspecified atom stereocenters. The van der Waals surface area contributed by atoms with Crippen LogP contribution in [0.5, 0.6) is 0 Å². The number of rotatable bonds is 3. The van der Waals surface area contributed by atoms with Crippen LogP contribution in [0.4, 0.5) is 11.5 Å². The highest BCUT2D eigenvalue weighted by Crippen LogP contribution is 2.22. The lowest BCUT2D eigenvalue weighted by Gasteiger charge is -2.09. The van der Waals surface area contributed by atoms with Crippen LogP contribution in [0.15, 0.2) is 48.9 Å². The Morgan fingerprint density at radius 1 is 1.00 bits per heavy atom. The van der Waals surface area contributed by atoms with E-state index in [1.54, 1.807) is 0 Å². The summed E-state index contributed by atoms with van der Waals surface area (Å²) in [6.45, 7) is 8.26. The Bertz CT molecular complexity index is 751. The standard InChI is InChI=1S/C17H17N3.C2H6/c1-3-13-9-17(19-10-12(13)2)20-16-5-4-15-11-18-7-6-14(15)8-16;1-2/h4-11H,3H2,1-2H3,(H,19,20);1-2H3. The summed E-state index contributed by atoms with van der Waals surface area (Å²) in [6, 6.07) is 10.4. The monoisotopic (exact) mass is 293 g/mol. The Balaban J connectivity index is 0.000000847. The third kappa shape index (κ3) is 3.61. The normalized spacial score (nSPS) is 10.0. The van der Waals surface area contributed by atoms with Crippen LogP contribution in [-0.4, -0.2) is 9.97 Å². The van der Waals surface area contributed by atoms with Crippen molar-refractivity contribution in [1.29, 1.82) is 0 Å². The van der Waals surface area contributed by atoms with Gasteiger partial charge in [0, 0.05) is 29.7 Å². The first-order valence-electron chi connectivity index (χ1n) is 7.82. The molecule has 0 fully saturated rings. The molecule has 2 aromatic heterocycles. The first kappa shape index (κ1) is 16.0. The number of fused-ring (bicyclic) bond motifs is 1. The van der Waals surface area contributed by atoms with Gasteiger partial charge in [-0.2, -0.15) is 0 Å². The van der Waals surface area contributed by atoms with Crippen LogP contribution >= 0.6 is 0 Å². The lowest BCUT2D eigenvalue weighted by Crippen LogP contribution is -1.96. The second kappa shape index (κ2) is 7.55. The number of aromatic nitrogens is 2. The number of aryl methyl sites for hydroxylation is 2. The number of anilines is 2. The molecular formula is C19H23N3. The molecule has 3 heteroatoms. The SMILES string of the molecule is CC.CCc1cc(Nc2ccc3cnccc3c2)ncc1C. The predicted octanol–water partition coefficient (Wildman–Crippen LogP) is 5.27. The van der Waals surface area contributed by atoms with Crippen molar-refractivity contribution >= 4 is 22.3 Å². The molecule has 0 amide bonds. The van der Waals surface area contributed by atoms with Gasteiger partial charge in [0.25, 0.3) is 0 Å². The molecule has 0 bridgehead atoms. The molecule has 1 N–H and O–H groups in total. The first-order valence-corrected chi connectivity index (χ1v) is 7.82. The fraction of sp³-hybridized carbons (Fsp3) is 0.263. The van der Waals surface area contributed by atoms with Gasteiger partial charge in [-0.25, -0.2) is 4.98 Å². The molecule has 3 aromatic rings. The minimum Gasteiger partial charge on any atom is -0.340 e. The van der Waals surface area contributed by atoms with Gasteiger partial charge in [0.1, 0.15) is 5.82 Å². The van der Waals surface area contributed by atoms with Crippen LogP contribution in [0.3, 0.4) is 0 Å². The van der Waals surface area contributed by atoms with Crippen molar-refractivity contribution in [1.82, 2.24) is 9.97 Å². The second-order valence-electron chi connectivity index (χ2n) is 4.91. The smallest absolute Gasteiger partial charge is 0.130 e. The Kier molecular flexibility index (Phi) is 5.48. The molecule has 0 atom stereocenters. The molecule has 2 heterocycles. The maximum atomic E-state index is 4.44. The molecule has 1 aromatic carbocycles. The first-order chi connectivity index (χ1) is 10.8. The van der Waals surface area contributed by atoms with E-state index in [0.717, 1.165) is 23.3 Å². The molecule has 22 heavy (non-hydrogen) atoms. The number of hydrogen-bond acceptors (Lipinski definition) is 3. The van der Waals surface area contributed by atoms with E-state index in [9.17, 15) is 0 Å². The van der Waals surface area contributed by atoms with E-state index in [1.165, 1.54) is 16.5 Å². The maximum Gasteiger partial charge on any atom is 0.130 e. The average Bonchev–Trinajstić information content (AvgIpc) is 2.58. The molecule has 114 valence electrons. The van der Waals surface area contributed by atoms with Gasteiger partial charge in [0.2, 0.25) is 0 Å². The largest absolute Gasteiger partial charge is 0.340 e. The van der Waals surface area contributed by atoms with E-state index < -0.39 is 0 Å². The zero-order valence-electron chi connectivity index (χ0n) is 13.7. The van der Waals surface area contributed by atoms with Crippen LogP contribution in [0, 0.1) is 6.92 Å². The Morgan fingerprint density at radius 2 is 1.82 bits per heavy atom. The van der Waals surface area contributed by atoms with Crippen molar-refractivity contribution in [2.75, 3.05) is 5.32 Å². The third-order valence-electron chi connectivity index (χ3n) is 3.51. The number of benzene rings is 1. The van der Waals surface area contributed by atoms with E-state index in [-0.39, 0.29) is 0 Å². The van der Waals surface area contributed by atoms with Crippen molar-refractivity contribution in [2.45, 2.75) is 34.1 Å². The number of pyridine rings is 2. The summed E-state index contributed by atoms with van der Waals surface area (Å²) in [6.07, 6.45) is 6.63. The van der Waals surface area contributed by atoms with Gasteiger partial charge in [-0.05, 0) is 54.1 Å². The fourth-order valence-corrected chi connectivity index (χ4v) is 2.32. The fourth-order valence-electron chi connectivity index (χ4n) is 2.32. The molecular weight excluding hydrogens is 270 g/mol. The van der Waals surface area contributed by atoms with Gasteiger partial charge < -0.3 is 5.32 Å². The van der Waals surface area contributed by atoms with Gasteiger partial charge in [-0.1, -0.05) is 26.8 Å². The highest BCUT2D eigenvalue weighted by Gasteiger charge is 2.02. The van der Waals surface area contributed by atoms with Crippen LogP contribution in [0.2, 0.25) is 0 Å². The van der Waals surface area contributed by atoms with Gasteiger partial charge >= 0.3 is 0 Å². The molecule has 0 saturated carbocycles. The summed E-state index contributed by atoms with van der Waals surface area (Å²) in [4.78, 5) is 8.56. The Hall–Kier alpha value is -2.42. The van der Waals surface area contributed by atoms with Gasteiger partial charge in [-0.3, -0.25) is 4.98 Å². The molecule has 0 aliphatic heterocycles. The number of nitrogens with zero attached hydrogens (tertiary/aromatic N) is 2. The predicted molar refractivity (Wildman–Crippen MR) is 94.7 cm³/mol. The average molecular weight is 293 g/mol. The third-order valence-corrected chi connectivity index (χ3v) is 3.51. The summed E-state index contributed by atoms with van der Waals surface area (Å²) >= 11 is 0. The number of hydrogen-bond donors (Lipinski definition) is 1. The Morgan fingerprint density at radius 3 is 2.59 bits per heavy atom. The van der Waals surface area contributed by atoms with Crippen molar-refractivity contribution < 1.29 is 0 Å². The highest BCUT2D eigenvalue weighted by molar-refractivity contribution is 5.85. The maximum absolute atomic E-state index is 4.44. The van der Waals surface area contributed by atoms with Gasteiger partial charge in [-0.15, -0.1) is 0 Å². The van der Waals surface area contributed by atoms with E-state index >= 15 is 0 Å². The molecule has 3 nitrogen and oxygen atoms in total. The van der Waals surface area contributed by atoms with Gasteiger partial charge in [0.15, 0.2) is 0 Å².